The van der Waals surface area contributed by atoms with Gasteiger partial charge in [-0.05, 0) is 43.4 Å². The average molecular weight is 474 g/mol. The molecule has 1 aliphatic heterocycles. The molecule has 1 saturated heterocycles. The van der Waals surface area contributed by atoms with Gasteiger partial charge in [0.2, 0.25) is 23.6 Å². The number of benzene rings is 1. The van der Waals surface area contributed by atoms with Crippen molar-refractivity contribution >= 4 is 35.2 Å². The number of hydrogen-bond acceptors (Lipinski definition) is 4. The Kier molecular flexibility index (Phi) is 8.30. The summed E-state index contributed by atoms with van der Waals surface area (Å²) in [6.45, 7) is 6.46. The Balaban J connectivity index is 1.70. The number of carbonyl (C=O) groups excluding carboxylic acids is 4. The minimum absolute atomic E-state index is 0.0280. The zero-order chi connectivity index (χ0) is 24.1. The summed E-state index contributed by atoms with van der Waals surface area (Å²) < 4.78 is 0. The summed E-state index contributed by atoms with van der Waals surface area (Å²) >= 11 is 5.98. The molecule has 1 unspecified atom stereocenters. The van der Waals surface area contributed by atoms with Crippen LogP contribution in [0.3, 0.4) is 0 Å². The van der Waals surface area contributed by atoms with Crippen LogP contribution in [-0.4, -0.2) is 52.6 Å². The van der Waals surface area contributed by atoms with Gasteiger partial charge in [0, 0.05) is 31.1 Å². The van der Waals surface area contributed by atoms with E-state index in [1.165, 1.54) is 9.80 Å². The molecule has 1 heterocycles. The molecule has 7 nitrogen and oxygen atoms in total. The first kappa shape index (κ1) is 25.0. The van der Waals surface area contributed by atoms with Crippen LogP contribution >= 0.6 is 11.6 Å². The van der Waals surface area contributed by atoms with E-state index in [0.29, 0.717) is 24.4 Å². The smallest absolute Gasteiger partial charge is 0.242 e. The van der Waals surface area contributed by atoms with Crippen LogP contribution in [0.15, 0.2) is 36.4 Å². The second kappa shape index (κ2) is 11.0. The molecule has 0 spiro atoms. The topological polar surface area (TPSA) is 86.8 Å². The molecule has 33 heavy (non-hydrogen) atoms. The molecular formula is C25H32ClN3O4. The van der Waals surface area contributed by atoms with Crippen molar-refractivity contribution in [3.8, 4) is 0 Å². The molecular weight excluding hydrogens is 442 g/mol. The molecule has 0 aromatic heterocycles. The molecule has 1 aromatic rings. The van der Waals surface area contributed by atoms with Crippen LogP contribution in [0.5, 0.6) is 0 Å². The van der Waals surface area contributed by atoms with E-state index in [0.717, 1.165) is 5.56 Å². The summed E-state index contributed by atoms with van der Waals surface area (Å²) in [4.78, 5) is 54.1. The van der Waals surface area contributed by atoms with Gasteiger partial charge in [-0.3, -0.25) is 24.1 Å². The second-order valence-corrected chi connectivity index (χ2v) is 9.63. The lowest BCUT2D eigenvalue weighted by Crippen LogP contribution is -2.49. The molecule has 0 saturated carbocycles. The molecule has 1 aromatic carbocycles. The van der Waals surface area contributed by atoms with E-state index in [-0.39, 0.29) is 60.9 Å². The summed E-state index contributed by atoms with van der Waals surface area (Å²) in [5.74, 6) is -1.27. The number of halogens is 1. The van der Waals surface area contributed by atoms with E-state index >= 15 is 0 Å². The number of likely N-dealkylation sites (tertiary alicyclic amines) is 1. The summed E-state index contributed by atoms with van der Waals surface area (Å²) in [7, 11) is 0. The SMILES string of the molecule is CC(C)CNC(=O)C(C)N(Cc1ccc(Cl)cc1)C(=O)CCN1C(=O)[C@H]2CC=CC[C@H]2C1=O. The fourth-order valence-corrected chi connectivity index (χ4v) is 4.39. The number of rotatable bonds is 9. The van der Waals surface area contributed by atoms with E-state index in [1.807, 2.05) is 38.1 Å². The van der Waals surface area contributed by atoms with Gasteiger partial charge in [-0.15, -0.1) is 0 Å². The largest absolute Gasteiger partial charge is 0.354 e. The molecule has 2 aliphatic rings. The van der Waals surface area contributed by atoms with Crippen molar-refractivity contribution in [1.82, 2.24) is 15.1 Å². The third-order valence-electron chi connectivity index (χ3n) is 6.27. The maximum atomic E-state index is 13.2. The number of fused-ring (bicyclic) bond motifs is 1. The minimum atomic E-state index is -0.705. The molecule has 0 radical (unpaired) electrons. The van der Waals surface area contributed by atoms with Crippen LogP contribution in [0, 0.1) is 17.8 Å². The minimum Gasteiger partial charge on any atom is -0.354 e. The zero-order valence-corrected chi connectivity index (χ0v) is 20.2. The standard InChI is InChI=1S/C25H32ClN3O4/c1-16(2)14-27-23(31)17(3)29(15-18-8-10-19(26)11-9-18)22(30)12-13-28-24(32)20-6-4-5-7-21(20)25(28)33/h4-5,8-11,16-17,20-21H,6-7,12-15H2,1-3H3,(H,27,31)/t17?,20-,21+. The first-order valence-corrected chi connectivity index (χ1v) is 11.9. The van der Waals surface area contributed by atoms with Crippen LogP contribution in [0.4, 0.5) is 0 Å². The molecule has 0 bridgehead atoms. The summed E-state index contributed by atoms with van der Waals surface area (Å²) in [6, 6.07) is 6.39. The molecule has 8 heteroatoms. The van der Waals surface area contributed by atoms with Gasteiger partial charge in [0.15, 0.2) is 0 Å². The maximum absolute atomic E-state index is 13.2. The summed E-state index contributed by atoms with van der Waals surface area (Å²) in [5, 5.41) is 3.46. The number of nitrogens with zero attached hydrogens (tertiary/aromatic N) is 2. The predicted molar refractivity (Wildman–Crippen MR) is 126 cm³/mol. The number of imide groups is 1. The van der Waals surface area contributed by atoms with Crippen LogP contribution < -0.4 is 5.32 Å². The number of allylic oxidation sites excluding steroid dienone is 2. The highest BCUT2D eigenvalue weighted by molar-refractivity contribution is 6.30. The fraction of sp³-hybridized carbons (Fsp3) is 0.520. The highest BCUT2D eigenvalue weighted by Gasteiger charge is 2.47. The van der Waals surface area contributed by atoms with Gasteiger partial charge in [-0.25, -0.2) is 0 Å². The Morgan fingerprint density at radius 3 is 2.18 bits per heavy atom. The van der Waals surface area contributed by atoms with E-state index < -0.39 is 6.04 Å². The van der Waals surface area contributed by atoms with Crippen LogP contribution in [0.1, 0.15) is 45.6 Å². The first-order chi connectivity index (χ1) is 15.7. The van der Waals surface area contributed by atoms with Gasteiger partial charge < -0.3 is 10.2 Å². The quantitative estimate of drug-likeness (QED) is 0.441. The highest BCUT2D eigenvalue weighted by Crippen LogP contribution is 2.35. The first-order valence-electron chi connectivity index (χ1n) is 11.5. The van der Waals surface area contributed by atoms with Gasteiger partial charge in [-0.2, -0.15) is 0 Å². The number of nitrogens with one attached hydrogen (secondary N) is 1. The second-order valence-electron chi connectivity index (χ2n) is 9.20. The van der Waals surface area contributed by atoms with Crippen molar-refractivity contribution in [2.75, 3.05) is 13.1 Å². The Hall–Kier alpha value is -2.67. The monoisotopic (exact) mass is 473 g/mol. The number of hydrogen-bond donors (Lipinski definition) is 1. The van der Waals surface area contributed by atoms with E-state index in [2.05, 4.69) is 5.32 Å². The summed E-state index contributed by atoms with van der Waals surface area (Å²) in [5.41, 5.74) is 0.835. The molecule has 4 amide bonds. The lowest BCUT2D eigenvalue weighted by Gasteiger charge is -2.29. The number of amides is 4. The van der Waals surface area contributed by atoms with Crippen LogP contribution in [0.25, 0.3) is 0 Å². The van der Waals surface area contributed by atoms with Crippen molar-refractivity contribution in [1.29, 1.82) is 0 Å². The lowest BCUT2D eigenvalue weighted by atomic mass is 9.85. The fourth-order valence-electron chi connectivity index (χ4n) is 4.26. The molecule has 1 aliphatic carbocycles. The van der Waals surface area contributed by atoms with Gasteiger partial charge in [0.05, 0.1) is 11.8 Å². The van der Waals surface area contributed by atoms with Crippen molar-refractivity contribution in [2.45, 2.75) is 52.6 Å². The van der Waals surface area contributed by atoms with E-state index in [9.17, 15) is 19.2 Å². The maximum Gasteiger partial charge on any atom is 0.242 e. The van der Waals surface area contributed by atoms with E-state index in [4.69, 9.17) is 11.6 Å². The molecule has 3 atom stereocenters. The Bertz CT molecular complexity index is 902. The van der Waals surface area contributed by atoms with Crippen LogP contribution in [0.2, 0.25) is 5.02 Å². The third-order valence-corrected chi connectivity index (χ3v) is 6.52. The molecule has 1 N–H and O–H groups in total. The van der Waals surface area contributed by atoms with Gasteiger partial charge in [0.25, 0.3) is 0 Å². The summed E-state index contributed by atoms with van der Waals surface area (Å²) in [6.07, 6.45) is 4.98. The Labute approximate surface area is 200 Å². The highest BCUT2D eigenvalue weighted by atomic mass is 35.5. The number of carbonyl (C=O) groups is 4. The molecule has 178 valence electrons. The van der Waals surface area contributed by atoms with Crippen molar-refractivity contribution in [2.24, 2.45) is 17.8 Å². The Morgan fingerprint density at radius 1 is 1.06 bits per heavy atom. The lowest BCUT2D eigenvalue weighted by molar-refractivity contribution is -0.143. The Morgan fingerprint density at radius 2 is 1.64 bits per heavy atom. The van der Waals surface area contributed by atoms with Gasteiger partial charge in [-0.1, -0.05) is 49.7 Å². The van der Waals surface area contributed by atoms with Crippen molar-refractivity contribution < 1.29 is 19.2 Å². The zero-order valence-electron chi connectivity index (χ0n) is 19.4. The van der Waals surface area contributed by atoms with Crippen LogP contribution in [-0.2, 0) is 25.7 Å². The third kappa shape index (κ3) is 6.02. The molecule has 3 rings (SSSR count). The van der Waals surface area contributed by atoms with Gasteiger partial charge in [0.1, 0.15) is 6.04 Å². The predicted octanol–water partition coefficient (Wildman–Crippen LogP) is 3.17. The van der Waals surface area contributed by atoms with Crippen molar-refractivity contribution in [3.63, 3.8) is 0 Å². The van der Waals surface area contributed by atoms with Gasteiger partial charge >= 0.3 is 0 Å². The average Bonchev–Trinajstić information content (AvgIpc) is 3.04. The van der Waals surface area contributed by atoms with Crippen molar-refractivity contribution in [3.05, 3.63) is 47.0 Å². The normalized spacial score (nSPS) is 20.7. The molecule has 1 fully saturated rings. The van der Waals surface area contributed by atoms with E-state index in [1.54, 1.807) is 19.1 Å².